The van der Waals surface area contributed by atoms with Crippen LogP contribution in [0.4, 0.5) is 0 Å². The van der Waals surface area contributed by atoms with Crippen LogP contribution in [0.25, 0.3) is 0 Å². The van der Waals surface area contributed by atoms with Gasteiger partial charge >= 0.3 is 0 Å². The molecule has 1 N–H and O–H groups in total. The first-order valence-corrected chi connectivity index (χ1v) is 8.02. The second-order valence-corrected chi connectivity index (χ2v) is 6.12. The van der Waals surface area contributed by atoms with Crippen molar-refractivity contribution in [2.75, 3.05) is 26.2 Å². The van der Waals surface area contributed by atoms with Crippen LogP contribution in [0.1, 0.15) is 59.3 Å². The van der Waals surface area contributed by atoms with Crippen molar-refractivity contribution in [1.29, 1.82) is 5.26 Å². The number of rotatable bonds is 8. The Kier molecular flexibility index (Phi) is 7.41. The quantitative estimate of drug-likeness (QED) is 0.685. The van der Waals surface area contributed by atoms with Crippen LogP contribution in [0, 0.1) is 17.2 Å². The molecule has 0 spiro atoms. The van der Waals surface area contributed by atoms with Gasteiger partial charge in [-0.3, -0.25) is 5.32 Å². The molecule has 0 aromatic heterocycles. The molecular formula is C16H31N3. The average Bonchev–Trinajstić information content (AvgIpc) is 2.44. The third kappa shape index (κ3) is 5.93. The Bertz CT molecular complexity index is 276. The molecule has 1 aliphatic heterocycles. The van der Waals surface area contributed by atoms with Gasteiger partial charge in [0.15, 0.2) is 0 Å². The number of nitriles is 1. The fourth-order valence-corrected chi connectivity index (χ4v) is 3.01. The molecule has 0 aromatic carbocycles. The minimum Gasteiger partial charge on any atom is -0.303 e. The maximum atomic E-state index is 9.20. The van der Waals surface area contributed by atoms with Crippen LogP contribution in [0.3, 0.4) is 0 Å². The first kappa shape index (κ1) is 16.5. The van der Waals surface area contributed by atoms with E-state index in [1.807, 2.05) is 6.92 Å². The summed E-state index contributed by atoms with van der Waals surface area (Å²) in [6.45, 7) is 11.0. The topological polar surface area (TPSA) is 39.1 Å². The van der Waals surface area contributed by atoms with Gasteiger partial charge in [-0.2, -0.15) is 5.26 Å². The number of nitrogens with zero attached hydrogens (tertiary/aromatic N) is 2. The highest BCUT2D eigenvalue weighted by molar-refractivity contribution is 5.03. The Morgan fingerprint density at radius 3 is 2.47 bits per heavy atom. The molecule has 0 amide bonds. The highest BCUT2D eigenvalue weighted by Crippen LogP contribution is 2.20. The number of likely N-dealkylation sites (tertiary alicyclic amines) is 1. The molecule has 1 heterocycles. The van der Waals surface area contributed by atoms with Gasteiger partial charge in [0.05, 0.1) is 6.07 Å². The van der Waals surface area contributed by atoms with E-state index in [-0.39, 0.29) is 5.54 Å². The van der Waals surface area contributed by atoms with Crippen molar-refractivity contribution in [1.82, 2.24) is 10.2 Å². The van der Waals surface area contributed by atoms with Gasteiger partial charge in [-0.25, -0.2) is 0 Å². The summed E-state index contributed by atoms with van der Waals surface area (Å²) < 4.78 is 0. The number of nitrogens with one attached hydrogen (secondary N) is 1. The highest BCUT2D eigenvalue weighted by atomic mass is 15.1. The summed E-state index contributed by atoms with van der Waals surface area (Å²) in [5.41, 5.74) is -0.329. The molecule has 0 aromatic rings. The lowest BCUT2D eigenvalue weighted by Gasteiger charge is -2.31. The second-order valence-electron chi connectivity index (χ2n) is 6.12. The summed E-state index contributed by atoms with van der Waals surface area (Å²) in [5.74, 6) is 0.965. The van der Waals surface area contributed by atoms with E-state index >= 15 is 0 Å². The van der Waals surface area contributed by atoms with Crippen molar-refractivity contribution < 1.29 is 0 Å². The van der Waals surface area contributed by atoms with Crippen LogP contribution in [-0.4, -0.2) is 36.6 Å². The summed E-state index contributed by atoms with van der Waals surface area (Å²) >= 11 is 0. The molecule has 110 valence electrons. The zero-order valence-electron chi connectivity index (χ0n) is 13.0. The minimum atomic E-state index is -0.329. The maximum absolute atomic E-state index is 9.20. The normalized spacial score (nSPS) is 20.9. The molecule has 19 heavy (non-hydrogen) atoms. The molecule has 1 fully saturated rings. The molecule has 0 bridgehead atoms. The molecule has 0 radical (unpaired) electrons. The summed E-state index contributed by atoms with van der Waals surface area (Å²) in [4.78, 5) is 2.60. The van der Waals surface area contributed by atoms with E-state index in [1.54, 1.807) is 0 Å². The lowest BCUT2D eigenvalue weighted by molar-refractivity contribution is 0.178. The first-order chi connectivity index (χ1) is 9.13. The standard InChI is InChI=1S/C16H31N3/c1-4-15-8-12-19(13-9-15)11-7-6-10-16(3,14-17)18-5-2/h15,18H,4-13H2,1-3H3. The SMILES string of the molecule is CCNC(C)(C#N)CCCCN1CCC(CC)CC1. The molecule has 1 rings (SSSR count). The second kappa shape index (κ2) is 8.55. The summed E-state index contributed by atoms with van der Waals surface area (Å²) in [7, 11) is 0. The van der Waals surface area contributed by atoms with Gasteiger partial charge in [0, 0.05) is 0 Å². The average molecular weight is 265 g/mol. The first-order valence-electron chi connectivity index (χ1n) is 8.02. The van der Waals surface area contributed by atoms with E-state index in [4.69, 9.17) is 0 Å². The van der Waals surface area contributed by atoms with Gasteiger partial charge in [0.1, 0.15) is 5.54 Å². The summed E-state index contributed by atoms with van der Waals surface area (Å²) in [6.07, 6.45) is 7.43. The molecule has 3 heteroatoms. The maximum Gasteiger partial charge on any atom is 0.103 e. The molecule has 1 saturated heterocycles. The van der Waals surface area contributed by atoms with Gasteiger partial charge < -0.3 is 4.90 Å². The zero-order valence-corrected chi connectivity index (χ0v) is 13.0. The fourth-order valence-electron chi connectivity index (χ4n) is 3.01. The third-order valence-electron chi connectivity index (χ3n) is 4.50. The Morgan fingerprint density at radius 2 is 1.95 bits per heavy atom. The smallest absolute Gasteiger partial charge is 0.103 e. The van der Waals surface area contributed by atoms with E-state index in [2.05, 4.69) is 30.1 Å². The Balaban J connectivity index is 2.13. The molecule has 0 aliphatic carbocycles. The van der Waals surface area contributed by atoms with E-state index in [0.29, 0.717) is 0 Å². The molecule has 1 aliphatic rings. The Labute approximate surface area is 119 Å². The van der Waals surface area contributed by atoms with Crippen molar-refractivity contribution in [3.05, 3.63) is 0 Å². The third-order valence-corrected chi connectivity index (χ3v) is 4.50. The predicted octanol–water partition coefficient (Wildman–Crippen LogP) is 3.17. The zero-order chi connectivity index (χ0) is 14.1. The van der Waals surface area contributed by atoms with Crippen LogP contribution in [0.5, 0.6) is 0 Å². The largest absolute Gasteiger partial charge is 0.303 e. The number of hydrogen-bond donors (Lipinski definition) is 1. The van der Waals surface area contributed by atoms with Crippen molar-refractivity contribution in [3.63, 3.8) is 0 Å². The van der Waals surface area contributed by atoms with E-state index in [1.165, 1.54) is 45.3 Å². The van der Waals surface area contributed by atoms with Gasteiger partial charge in [-0.15, -0.1) is 0 Å². The Hall–Kier alpha value is -0.590. The predicted molar refractivity (Wildman–Crippen MR) is 81.0 cm³/mol. The van der Waals surface area contributed by atoms with Gasteiger partial charge in [-0.1, -0.05) is 20.3 Å². The fraction of sp³-hybridized carbons (Fsp3) is 0.938. The summed E-state index contributed by atoms with van der Waals surface area (Å²) in [6, 6.07) is 2.41. The molecule has 1 unspecified atom stereocenters. The molecule has 1 atom stereocenters. The van der Waals surface area contributed by atoms with Crippen molar-refractivity contribution in [2.45, 2.75) is 64.8 Å². The minimum absolute atomic E-state index is 0.329. The van der Waals surface area contributed by atoms with Gasteiger partial charge in [0.25, 0.3) is 0 Å². The highest BCUT2D eigenvalue weighted by Gasteiger charge is 2.22. The monoisotopic (exact) mass is 265 g/mol. The van der Waals surface area contributed by atoms with Gasteiger partial charge in [0.2, 0.25) is 0 Å². The van der Waals surface area contributed by atoms with Crippen LogP contribution in [-0.2, 0) is 0 Å². The van der Waals surface area contributed by atoms with Crippen LogP contribution in [0.15, 0.2) is 0 Å². The number of piperidine rings is 1. The lowest BCUT2D eigenvalue weighted by Crippen LogP contribution is -2.41. The van der Waals surface area contributed by atoms with Crippen LogP contribution >= 0.6 is 0 Å². The number of unbranched alkanes of at least 4 members (excludes halogenated alkanes) is 1. The summed E-state index contributed by atoms with van der Waals surface area (Å²) in [5, 5.41) is 12.5. The molecule has 3 nitrogen and oxygen atoms in total. The van der Waals surface area contributed by atoms with E-state index in [9.17, 15) is 5.26 Å². The van der Waals surface area contributed by atoms with Crippen LogP contribution < -0.4 is 5.32 Å². The van der Waals surface area contributed by atoms with E-state index in [0.717, 1.165) is 25.3 Å². The van der Waals surface area contributed by atoms with Crippen molar-refractivity contribution >= 4 is 0 Å². The lowest BCUT2D eigenvalue weighted by atomic mass is 9.93. The van der Waals surface area contributed by atoms with E-state index < -0.39 is 0 Å². The Morgan fingerprint density at radius 1 is 1.26 bits per heavy atom. The van der Waals surface area contributed by atoms with Crippen LogP contribution in [0.2, 0.25) is 0 Å². The number of hydrogen-bond acceptors (Lipinski definition) is 3. The molecular weight excluding hydrogens is 234 g/mol. The van der Waals surface area contributed by atoms with Gasteiger partial charge in [-0.05, 0) is 71.1 Å². The van der Waals surface area contributed by atoms with Crippen molar-refractivity contribution in [3.8, 4) is 6.07 Å². The molecule has 0 saturated carbocycles. The van der Waals surface area contributed by atoms with Crippen molar-refractivity contribution in [2.24, 2.45) is 5.92 Å².